The van der Waals surface area contributed by atoms with E-state index in [2.05, 4.69) is 6.07 Å². The van der Waals surface area contributed by atoms with E-state index in [1.165, 1.54) is 5.56 Å². The van der Waals surface area contributed by atoms with Crippen LogP contribution in [0, 0.1) is 0 Å². The first kappa shape index (κ1) is 10.2. The molecule has 17 heavy (non-hydrogen) atoms. The molecule has 0 spiro atoms. The number of ketones is 1. The zero-order valence-electron chi connectivity index (χ0n) is 9.54. The SMILES string of the molecule is O=C1c2ccccc2CC[C@@H]1[n+]1ccccc1. The summed E-state index contributed by atoms with van der Waals surface area (Å²) in [7, 11) is 0. The fraction of sp³-hybridized carbons (Fsp3) is 0.200. The Bertz CT molecular complexity index is 548. The standard InChI is InChI=1S/C15H14NO/c17-15-13-7-3-2-6-12(13)8-9-14(15)16-10-4-1-5-11-16/h1-7,10-11,14H,8-9H2/q+1/t14-/m0/s1. The summed E-state index contributed by atoms with van der Waals surface area (Å²) in [5.41, 5.74) is 2.07. The molecule has 0 radical (unpaired) electrons. The van der Waals surface area contributed by atoms with E-state index in [0.29, 0.717) is 0 Å². The summed E-state index contributed by atoms with van der Waals surface area (Å²) in [6.07, 6.45) is 5.81. The molecule has 2 heteroatoms. The molecule has 0 fully saturated rings. The number of nitrogens with zero attached hydrogens (tertiary/aromatic N) is 1. The van der Waals surface area contributed by atoms with Crippen molar-refractivity contribution in [2.45, 2.75) is 18.9 Å². The molecule has 0 bridgehead atoms. The van der Waals surface area contributed by atoms with Gasteiger partial charge in [0.15, 0.2) is 12.4 Å². The fourth-order valence-corrected chi connectivity index (χ4v) is 2.49. The van der Waals surface area contributed by atoms with Gasteiger partial charge >= 0.3 is 0 Å². The molecule has 0 amide bonds. The second kappa shape index (κ2) is 4.13. The minimum absolute atomic E-state index is 0.0360. The minimum Gasteiger partial charge on any atom is -0.287 e. The third kappa shape index (κ3) is 1.76. The van der Waals surface area contributed by atoms with Crippen LogP contribution in [0.1, 0.15) is 28.4 Å². The van der Waals surface area contributed by atoms with Crippen LogP contribution < -0.4 is 4.57 Å². The highest BCUT2D eigenvalue weighted by molar-refractivity contribution is 6.00. The first-order valence-corrected chi connectivity index (χ1v) is 5.94. The highest BCUT2D eigenvalue weighted by atomic mass is 16.1. The smallest absolute Gasteiger partial charge is 0.230 e. The number of benzene rings is 1. The van der Waals surface area contributed by atoms with Gasteiger partial charge in [-0.05, 0) is 12.0 Å². The van der Waals surface area contributed by atoms with Gasteiger partial charge in [0, 0.05) is 24.1 Å². The van der Waals surface area contributed by atoms with Gasteiger partial charge in [-0.25, -0.2) is 0 Å². The van der Waals surface area contributed by atoms with E-state index in [1.807, 2.05) is 53.4 Å². The number of aromatic nitrogens is 1. The van der Waals surface area contributed by atoms with Crippen molar-refractivity contribution in [3.8, 4) is 0 Å². The lowest BCUT2D eigenvalue weighted by atomic mass is 9.87. The molecule has 0 N–H and O–H groups in total. The van der Waals surface area contributed by atoms with Gasteiger partial charge in [0.1, 0.15) is 0 Å². The van der Waals surface area contributed by atoms with Crippen LogP contribution in [-0.4, -0.2) is 5.78 Å². The highest BCUT2D eigenvalue weighted by Crippen LogP contribution is 2.25. The first-order chi connectivity index (χ1) is 8.36. The van der Waals surface area contributed by atoms with Crippen molar-refractivity contribution in [3.05, 3.63) is 66.0 Å². The molecule has 1 aliphatic rings. The van der Waals surface area contributed by atoms with Crippen molar-refractivity contribution in [2.75, 3.05) is 0 Å². The predicted molar refractivity (Wildman–Crippen MR) is 64.8 cm³/mol. The molecule has 1 aliphatic carbocycles. The second-order valence-electron chi connectivity index (χ2n) is 4.40. The van der Waals surface area contributed by atoms with Gasteiger partial charge in [-0.15, -0.1) is 0 Å². The van der Waals surface area contributed by atoms with Crippen LogP contribution in [0.2, 0.25) is 0 Å². The maximum absolute atomic E-state index is 12.4. The van der Waals surface area contributed by atoms with Crippen LogP contribution in [0.5, 0.6) is 0 Å². The number of pyridine rings is 1. The Balaban J connectivity index is 2.00. The lowest BCUT2D eigenvalue weighted by molar-refractivity contribution is -0.708. The summed E-state index contributed by atoms with van der Waals surface area (Å²) in [6.45, 7) is 0. The molecular formula is C15H14NO+. The van der Waals surface area contributed by atoms with Crippen LogP contribution in [-0.2, 0) is 6.42 Å². The lowest BCUT2D eigenvalue weighted by Gasteiger charge is -2.19. The van der Waals surface area contributed by atoms with Crippen molar-refractivity contribution in [1.82, 2.24) is 0 Å². The molecule has 1 aromatic heterocycles. The van der Waals surface area contributed by atoms with Gasteiger partial charge < -0.3 is 0 Å². The van der Waals surface area contributed by atoms with Crippen LogP contribution in [0.15, 0.2) is 54.9 Å². The largest absolute Gasteiger partial charge is 0.287 e. The number of aryl methyl sites for hydroxylation is 1. The lowest BCUT2D eigenvalue weighted by Crippen LogP contribution is -2.45. The van der Waals surface area contributed by atoms with Gasteiger partial charge in [0.05, 0.1) is 0 Å². The summed E-state index contributed by atoms with van der Waals surface area (Å²) in [6, 6.07) is 13.8. The van der Waals surface area contributed by atoms with Crippen LogP contribution >= 0.6 is 0 Å². The monoisotopic (exact) mass is 224 g/mol. The summed E-state index contributed by atoms with van der Waals surface area (Å²) in [5.74, 6) is 0.239. The molecule has 3 rings (SSSR count). The quantitative estimate of drug-likeness (QED) is 0.681. The molecule has 0 aliphatic heterocycles. The number of hydrogen-bond donors (Lipinski definition) is 0. The van der Waals surface area contributed by atoms with Gasteiger partial charge in [-0.1, -0.05) is 30.3 Å². The van der Waals surface area contributed by atoms with E-state index in [4.69, 9.17) is 0 Å². The maximum Gasteiger partial charge on any atom is 0.230 e. The highest BCUT2D eigenvalue weighted by Gasteiger charge is 2.33. The molecule has 0 saturated carbocycles. The summed E-state index contributed by atoms with van der Waals surface area (Å²) < 4.78 is 2.01. The molecule has 1 aromatic carbocycles. The molecule has 1 atom stereocenters. The zero-order chi connectivity index (χ0) is 11.7. The first-order valence-electron chi connectivity index (χ1n) is 5.94. The number of carbonyl (C=O) groups excluding carboxylic acids is 1. The van der Waals surface area contributed by atoms with Gasteiger partial charge in [0.25, 0.3) is 0 Å². The molecule has 0 unspecified atom stereocenters. The van der Waals surface area contributed by atoms with Crippen molar-refractivity contribution in [1.29, 1.82) is 0 Å². The van der Waals surface area contributed by atoms with E-state index in [0.717, 1.165) is 18.4 Å². The number of hydrogen-bond acceptors (Lipinski definition) is 1. The third-order valence-electron chi connectivity index (χ3n) is 3.37. The molecule has 2 nitrogen and oxygen atoms in total. The molecule has 2 aromatic rings. The van der Waals surface area contributed by atoms with Crippen molar-refractivity contribution in [3.63, 3.8) is 0 Å². The van der Waals surface area contributed by atoms with E-state index in [1.54, 1.807) is 0 Å². The number of fused-ring (bicyclic) bond motifs is 1. The van der Waals surface area contributed by atoms with E-state index in [9.17, 15) is 4.79 Å². The Morgan fingerprint density at radius 2 is 1.76 bits per heavy atom. The Morgan fingerprint density at radius 3 is 2.59 bits per heavy atom. The van der Waals surface area contributed by atoms with Gasteiger partial charge in [-0.2, -0.15) is 4.57 Å². The molecule has 1 heterocycles. The Morgan fingerprint density at radius 1 is 1.00 bits per heavy atom. The normalized spacial score (nSPS) is 18.8. The summed E-state index contributed by atoms with van der Waals surface area (Å²) >= 11 is 0. The molecular weight excluding hydrogens is 210 g/mol. The second-order valence-corrected chi connectivity index (χ2v) is 4.40. The van der Waals surface area contributed by atoms with Crippen LogP contribution in [0.3, 0.4) is 0 Å². The van der Waals surface area contributed by atoms with Crippen molar-refractivity contribution < 1.29 is 9.36 Å². The van der Waals surface area contributed by atoms with Crippen LogP contribution in [0.25, 0.3) is 0 Å². The van der Waals surface area contributed by atoms with E-state index < -0.39 is 0 Å². The molecule has 0 saturated heterocycles. The third-order valence-corrected chi connectivity index (χ3v) is 3.37. The Labute approximate surface area is 101 Å². The summed E-state index contributed by atoms with van der Waals surface area (Å²) in [4.78, 5) is 12.4. The van der Waals surface area contributed by atoms with Gasteiger partial charge in [-0.3, -0.25) is 4.79 Å². The number of carbonyl (C=O) groups is 1. The predicted octanol–water partition coefficient (Wildman–Crippen LogP) is 2.34. The zero-order valence-corrected chi connectivity index (χ0v) is 9.54. The van der Waals surface area contributed by atoms with Crippen molar-refractivity contribution >= 4 is 5.78 Å². The summed E-state index contributed by atoms with van der Waals surface area (Å²) in [5, 5.41) is 0. The van der Waals surface area contributed by atoms with E-state index in [-0.39, 0.29) is 11.8 Å². The number of rotatable bonds is 1. The fourth-order valence-electron chi connectivity index (χ4n) is 2.49. The minimum atomic E-state index is -0.0360. The number of Topliss-reactive ketones (excluding diaryl/α,β-unsaturated/α-hetero) is 1. The van der Waals surface area contributed by atoms with Crippen molar-refractivity contribution in [2.24, 2.45) is 0 Å². The van der Waals surface area contributed by atoms with Crippen LogP contribution in [0.4, 0.5) is 0 Å². The van der Waals surface area contributed by atoms with E-state index >= 15 is 0 Å². The maximum atomic E-state index is 12.4. The van der Waals surface area contributed by atoms with Gasteiger partial charge in [0.2, 0.25) is 11.8 Å². The Hall–Kier alpha value is -1.96. The Kier molecular flexibility index (Phi) is 2.48. The average molecular weight is 224 g/mol. The average Bonchev–Trinajstić information content (AvgIpc) is 2.40. The topological polar surface area (TPSA) is 20.9 Å². The molecule has 84 valence electrons.